The fourth-order valence-electron chi connectivity index (χ4n) is 3.08. The van der Waals surface area contributed by atoms with Crippen LogP contribution in [0, 0.1) is 19.8 Å². The summed E-state index contributed by atoms with van der Waals surface area (Å²) in [5, 5.41) is 7.25. The van der Waals surface area contributed by atoms with E-state index < -0.39 is 0 Å². The maximum absolute atomic E-state index is 12.2. The van der Waals surface area contributed by atoms with E-state index in [1.54, 1.807) is 4.52 Å². The van der Waals surface area contributed by atoms with Gasteiger partial charge in [0.05, 0.1) is 0 Å². The molecule has 0 aliphatic rings. The van der Waals surface area contributed by atoms with E-state index in [0.717, 1.165) is 29.8 Å². The van der Waals surface area contributed by atoms with E-state index in [9.17, 15) is 4.79 Å². The minimum Gasteiger partial charge on any atom is -0.366 e. The van der Waals surface area contributed by atoms with Crippen molar-refractivity contribution < 1.29 is 4.79 Å². The summed E-state index contributed by atoms with van der Waals surface area (Å²) in [7, 11) is 0. The number of carbonyl (C=O) groups excluding carboxylic acids is 1. The number of hydrogen-bond acceptors (Lipinski definition) is 5. The second-order valence-electron chi connectivity index (χ2n) is 7.24. The van der Waals surface area contributed by atoms with Crippen LogP contribution < -0.4 is 11.1 Å². The SMILES string of the molecule is Cc1nc2nc(N)nn2c(C)c1CCC(=O)NC(C)CCCC(C)C. The largest absolute Gasteiger partial charge is 0.366 e. The standard InChI is InChI=1S/C18H30N6O/c1-11(2)7-6-8-12(3)20-16(25)10-9-15-13(4)21-18-22-17(19)23-24(18)14(15)5/h11-12H,6-10H2,1-5H3,(H2,19,23)(H,20,25). The van der Waals surface area contributed by atoms with Crippen molar-refractivity contribution in [3.63, 3.8) is 0 Å². The number of fused-ring (bicyclic) bond motifs is 1. The highest BCUT2D eigenvalue weighted by Crippen LogP contribution is 2.16. The third-order valence-electron chi connectivity index (χ3n) is 4.49. The Hall–Kier alpha value is -2.18. The van der Waals surface area contributed by atoms with Gasteiger partial charge in [0.1, 0.15) is 0 Å². The molecule has 1 unspecified atom stereocenters. The highest BCUT2D eigenvalue weighted by atomic mass is 16.1. The summed E-state index contributed by atoms with van der Waals surface area (Å²) >= 11 is 0. The summed E-state index contributed by atoms with van der Waals surface area (Å²) in [4.78, 5) is 20.7. The van der Waals surface area contributed by atoms with Crippen molar-refractivity contribution in [2.75, 3.05) is 5.73 Å². The molecule has 7 nitrogen and oxygen atoms in total. The number of hydrogen-bond donors (Lipinski definition) is 2. The Bertz CT molecular complexity index is 737. The molecule has 25 heavy (non-hydrogen) atoms. The quantitative estimate of drug-likeness (QED) is 0.765. The second-order valence-corrected chi connectivity index (χ2v) is 7.24. The summed E-state index contributed by atoms with van der Waals surface area (Å²) in [5.74, 6) is 1.50. The monoisotopic (exact) mass is 346 g/mol. The molecule has 0 aliphatic carbocycles. The lowest BCUT2D eigenvalue weighted by molar-refractivity contribution is -0.121. The van der Waals surface area contributed by atoms with Gasteiger partial charge in [-0.1, -0.05) is 26.7 Å². The van der Waals surface area contributed by atoms with Crippen LogP contribution in [0.15, 0.2) is 0 Å². The molecule has 3 N–H and O–H groups in total. The molecule has 1 amide bonds. The molecule has 2 heterocycles. The first-order chi connectivity index (χ1) is 11.8. The number of anilines is 1. The molecule has 2 aromatic heterocycles. The van der Waals surface area contributed by atoms with Gasteiger partial charge in [-0.15, -0.1) is 5.10 Å². The van der Waals surface area contributed by atoms with Gasteiger partial charge in [0.25, 0.3) is 5.78 Å². The molecule has 0 aromatic carbocycles. The van der Waals surface area contributed by atoms with Gasteiger partial charge >= 0.3 is 0 Å². The average molecular weight is 346 g/mol. The molecule has 7 heteroatoms. The normalized spacial score (nSPS) is 12.7. The van der Waals surface area contributed by atoms with Gasteiger partial charge in [-0.25, -0.2) is 4.98 Å². The lowest BCUT2D eigenvalue weighted by Gasteiger charge is -2.15. The van der Waals surface area contributed by atoms with Crippen molar-refractivity contribution in [1.82, 2.24) is 24.9 Å². The summed E-state index contributed by atoms with van der Waals surface area (Å²) in [5.41, 5.74) is 8.48. The Morgan fingerprint density at radius 3 is 2.60 bits per heavy atom. The molecule has 0 bridgehead atoms. The molecule has 0 spiro atoms. The van der Waals surface area contributed by atoms with Crippen LogP contribution in [0.3, 0.4) is 0 Å². The summed E-state index contributed by atoms with van der Waals surface area (Å²) in [6, 6.07) is 0.212. The van der Waals surface area contributed by atoms with Crippen LogP contribution >= 0.6 is 0 Å². The van der Waals surface area contributed by atoms with Gasteiger partial charge in [-0.3, -0.25) is 4.79 Å². The number of nitrogens with two attached hydrogens (primary N) is 1. The molecule has 0 radical (unpaired) electrons. The van der Waals surface area contributed by atoms with Gasteiger partial charge in [-0.05, 0) is 45.1 Å². The Labute approximate surface area is 149 Å². The Kier molecular flexibility index (Phi) is 6.33. The average Bonchev–Trinajstić information content (AvgIpc) is 2.87. The van der Waals surface area contributed by atoms with Gasteiger partial charge in [-0.2, -0.15) is 9.50 Å². The molecule has 0 fully saturated rings. The van der Waals surface area contributed by atoms with Gasteiger partial charge in [0.2, 0.25) is 11.9 Å². The minimum atomic E-state index is 0.0778. The van der Waals surface area contributed by atoms with Crippen LogP contribution in [-0.4, -0.2) is 31.5 Å². The lowest BCUT2D eigenvalue weighted by Crippen LogP contribution is -2.32. The van der Waals surface area contributed by atoms with E-state index >= 15 is 0 Å². The number of aromatic nitrogens is 4. The first-order valence-electron chi connectivity index (χ1n) is 9.05. The van der Waals surface area contributed by atoms with E-state index in [0.29, 0.717) is 24.5 Å². The molecule has 138 valence electrons. The molecule has 0 saturated heterocycles. The number of nitrogens with zero attached hydrogens (tertiary/aromatic N) is 4. The van der Waals surface area contributed by atoms with E-state index in [4.69, 9.17) is 5.73 Å². The molecule has 0 saturated carbocycles. The summed E-state index contributed by atoms with van der Waals surface area (Å²) in [6.07, 6.45) is 4.43. The summed E-state index contributed by atoms with van der Waals surface area (Å²) in [6.45, 7) is 10.4. The van der Waals surface area contributed by atoms with Gasteiger partial charge < -0.3 is 11.1 Å². The first-order valence-corrected chi connectivity index (χ1v) is 9.05. The number of amides is 1. The maximum Gasteiger partial charge on any atom is 0.254 e. The van der Waals surface area contributed by atoms with Gasteiger partial charge in [0.15, 0.2) is 0 Å². The van der Waals surface area contributed by atoms with Crippen molar-refractivity contribution in [3.8, 4) is 0 Å². The highest BCUT2D eigenvalue weighted by Gasteiger charge is 2.14. The van der Waals surface area contributed by atoms with Crippen LogP contribution in [0.5, 0.6) is 0 Å². The summed E-state index contributed by atoms with van der Waals surface area (Å²) < 4.78 is 1.64. The first kappa shape index (κ1) is 19.1. The number of rotatable bonds is 8. The third kappa shape index (κ3) is 5.14. The fraction of sp³-hybridized carbons (Fsp3) is 0.667. The van der Waals surface area contributed by atoms with E-state index in [1.165, 1.54) is 6.42 Å². The number of nitrogens with one attached hydrogen (secondary N) is 1. The molecule has 1 atom stereocenters. The number of nitrogen functional groups attached to an aromatic ring is 1. The Balaban J connectivity index is 1.92. The molecule has 0 aliphatic heterocycles. The van der Waals surface area contributed by atoms with Crippen molar-refractivity contribution in [1.29, 1.82) is 0 Å². The Morgan fingerprint density at radius 1 is 1.20 bits per heavy atom. The van der Waals surface area contributed by atoms with E-state index in [2.05, 4.69) is 41.2 Å². The van der Waals surface area contributed by atoms with Crippen molar-refractivity contribution in [3.05, 3.63) is 17.0 Å². The van der Waals surface area contributed by atoms with Crippen LogP contribution in [-0.2, 0) is 11.2 Å². The molecular formula is C18H30N6O. The topological polar surface area (TPSA) is 98.2 Å². The highest BCUT2D eigenvalue weighted by molar-refractivity contribution is 5.76. The molecule has 2 rings (SSSR count). The minimum absolute atomic E-state index is 0.0778. The van der Waals surface area contributed by atoms with Gasteiger partial charge in [0, 0.05) is 23.9 Å². The zero-order chi connectivity index (χ0) is 18.6. The molecule has 2 aromatic rings. The predicted molar refractivity (Wildman–Crippen MR) is 99.3 cm³/mol. The van der Waals surface area contributed by atoms with Crippen LogP contribution in [0.25, 0.3) is 5.78 Å². The Morgan fingerprint density at radius 2 is 1.92 bits per heavy atom. The van der Waals surface area contributed by atoms with E-state index in [-0.39, 0.29) is 17.9 Å². The second kappa shape index (κ2) is 8.27. The predicted octanol–water partition coefficient (Wildman–Crippen LogP) is 2.59. The van der Waals surface area contributed by atoms with Crippen molar-refractivity contribution in [2.45, 2.75) is 72.8 Å². The van der Waals surface area contributed by atoms with Crippen LogP contribution in [0.4, 0.5) is 5.95 Å². The molecular weight excluding hydrogens is 316 g/mol. The maximum atomic E-state index is 12.2. The number of carbonyl (C=O) groups is 1. The van der Waals surface area contributed by atoms with E-state index in [1.807, 2.05) is 13.8 Å². The van der Waals surface area contributed by atoms with Crippen LogP contribution in [0.1, 0.15) is 63.4 Å². The fourth-order valence-corrected chi connectivity index (χ4v) is 3.08. The van der Waals surface area contributed by atoms with Crippen LogP contribution in [0.2, 0.25) is 0 Å². The zero-order valence-electron chi connectivity index (χ0n) is 16.0. The third-order valence-corrected chi connectivity index (χ3v) is 4.49. The van der Waals surface area contributed by atoms with Crippen molar-refractivity contribution >= 4 is 17.6 Å². The zero-order valence-corrected chi connectivity index (χ0v) is 16.0. The lowest BCUT2D eigenvalue weighted by atomic mass is 10.0. The number of aryl methyl sites for hydroxylation is 2. The smallest absolute Gasteiger partial charge is 0.254 e. The van der Waals surface area contributed by atoms with Crippen molar-refractivity contribution in [2.24, 2.45) is 5.92 Å².